The Kier molecular flexibility index (Phi) is 1.88. The number of carbonyl (C=O) groups excluding carboxylic acids is 1. The van der Waals surface area contributed by atoms with E-state index in [9.17, 15) is 4.79 Å². The molecule has 0 atom stereocenters. The number of rotatable bonds is 2. The van der Waals surface area contributed by atoms with Crippen molar-refractivity contribution in [2.24, 2.45) is 0 Å². The molecule has 0 radical (unpaired) electrons. The Balaban J connectivity index is 2.41. The van der Waals surface area contributed by atoms with Gasteiger partial charge >= 0.3 is 0 Å². The third-order valence-corrected chi connectivity index (χ3v) is 1.73. The summed E-state index contributed by atoms with van der Waals surface area (Å²) in [6.45, 7) is 0. The first kappa shape index (κ1) is 7.67. The minimum absolute atomic E-state index is 0.562. The fraction of sp³-hybridized carbons (Fsp3) is 0. The third kappa shape index (κ3) is 1.46. The second-order valence-corrected chi connectivity index (χ2v) is 2.58. The van der Waals surface area contributed by atoms with Gasteiger partial charge in [0.05, 0.1) is 18.1 Å². The topological polar surface area (TPSA) is 58.6 Å². The highest BCUT2D eigenvalue weighted by atomic mass is 16.1. The minimum atomic E-state index is 0.562. The van der Waals surface area contributed by atoms with E-state index < -0.39 is 0 Å². The molecule has 0 aliphatic carbocycles. The van der Waals surface area contributed by atoms with Gasteiger partial charge in [0.2, 0.25) is 0 Å². The lowest BCUT2D eigenvalue weighted by Crippen LogP contribution is -1.83. The number of nitrogens with one attached hydrogen (secondary N) is 1. The normalized spacial score (nSPS) is 9.85. The maximum Gasteiger partial charge on any atom is 0.166 e. The number of nitrogens with zero attached hydrogens (tertiary/aromatic N) is 2. The Labute approximate surface area is 74.6 Å². The number of hydrogen-bond donors (Lipinski definition) is 1. The van der Waals surface area contributed by atoms with E-state index in [1.165, 1.54) is 0 Å². The Bertz CT molecular complexity index is 408. The van der Waals surface area contributed by atoms with Crippen molar-refractivity contribution < 1.29 is 4.79 Å². The van der Waals surface area contributed by atoms with Gasteiger partial charge < -0.3 is 4.98 Å². The van der Waals surface area contributed by atoms with Gasteiger partial charge in [-0.15, -0.1) is 0 Å². The molecule has 0 fully saturated rings. The maximum atomic E-state index is 10.4. The third-order valence-electron chi connectivity index (χ3n) is 1.73. The van der Waals surface area contributed by atoms with Gasteiger partial charge in [-0.3, -0.25) is 4.79 Å². The van der Waals surface area contributed by atoms with Gasteiger partial charge in [0.15, 0.2) is 6.29 Å². The van der Waals surface area contributed by atoms with E-state index in [1.54, 1.807) is 18.5 Å². The molecule has 0 aliphatic heterocycles. The summed E-state index contributed by atoms with van der Waals surface area (Å²) >= 11 is 0. The number of aromatic amines is 1. The number of aromatic nitrogens is 3. The Morgan fingerprint density at radius 1 is 1.23 bits per heavy atom. The summed E-state index contributed by atoms with van der Waals surface area (Å²) in [6, 6.07) is 5.39. The smallest absolute Gasteiger partial charge is 0.166 e. The van der Waals surface area contributed by atoms with E-state index in [2.05, 4.69) is 15.2 Å². The van der Waals surface area contributed by atoms with Gasteiger partial charge in [0, 0.05) is 11.3 Å². The van der Waals surface area contributed by atoms with Crippen molar-refractivity contribution in [2.45, 2.75) is 0 Å². The average molecular weight is 173 g/mol. The summed E-state index contributed by atoms with van der Waals surface area (Å²) in [5, 5.41) is 7.40. The van der Waals surface area contributed by atoms with Crippen molar-refractivity contribution in [3.63, 3.8) is 0 Å². The van der Waals surface area contributed by atoms with Crippen LogP contribution in [0.3, 0.4) is 0 Å². The van der Waals surface area contributed by atoms with Crippen LogP contribution < -0.4 is 0 Å². The van der Waals surface area contributed by atoms with E-state index in [0.29, 0.717) is 5.69 Å². The zero-order valence-electron chi connectivity index (χ0n) is 6.77. The monoisotopic (exact) mass is 173 g/mol. The van der Waals surface area contributed by atoms with Crippen molar-refractivity contribution in [1.29, 1.82) is 0 Å². The molecule has 0 aliphatic rings. The predicted molar refractivity (Wildman–Crippen MR) is 47.2 cm³/mol. The number of aldehydes is 1. The SMILES string of the molecule is O=Cc1ccc(-c2ccnnc2)[nH]1. The molecular weight excluding hydrogens is 166 g/mol. The van der Waals surface area contributed by atoms with Crippen LogP contribution in [-0.4, -0.2) is 21.5 Å². The van der Waals surface area contributed by atoms with Crippen LogP contribution in [0.4, 0.5) is 0 Å². The van der Waals surface area contributed by atoms with Gasteiger partial charge in [-0.1, -0.05) is 0 Å². The lowest BCUT2D eigenvalue weighted by molar-refractivity contribution is 0.111. The van der Waals surface area contributed by atoms with Gasteiger partial charge in [0.25, 0.3) is 0 Å². The zero-order chi connectivity index (χ0) is 9.10. The first-order valence-electron chi connectivity index (χ1n) is 3.81. The lowest BCUT2D eigenvalue weighted by Gasteiger charge is -1.93. The molecule has 2 aromatic heterocycles. The summed E-state index contributed by atoms with van der Waals surface area (Å²) < 4.78 is 0. The maximum absolute atomic E-state index is 10.4. The first-order chi connectivity index (χ1) is 6.40. The van der Waals surface area contributed by atoms with Gasteiger partial charge in [-0.25, -0.2) is 0 Å². The van der Waals surface area contributed by atoms with Crippen LogP contribution in [0.25, 0.3) is 11.3 Å². The summed E-state index contributed by atoms with van der Waals surface area (Å²) in [4.78, 5) is 13.3. The quantitative estimate of drug-likeness (QED) is 0.696. The molecule has 0 saturated heterocycles. The Hall–Kier alpha value is -1.97. The molecule has 2 heterocycles. The largest absolute Gasteiger partial charge is 0.352 e. The molecule has 2 rings (SSSR count). The molecule has 2 aromatic rings. The highest BCUT2D eigenvalue weighted by molar-refractivity contribution is 5.75. The van der Waals surface area contributed by atoms with Crippen LogP contribution in [0.1, 0.15) is 10.5 Å². The molecule has 0 unspecified atom stereocenters. The fourth-order valence-electron chi connectivity index (χ4n) is 1.10. The highest BCUT2D eigenvalue weighted by Crippen LogP contribution is 2.15. The van der Waals surface area contributed by atoms with Crippen LogP contribution in [0, 0.1) is 0 Å². The molecule has 0 amide bonds. The summed E-state index contributed by atoms with van der Waals surface area (Å²) in [7, 11) is 0. The predicted octanol–water partition coefficient (Wildman–Crippen LogP) is 1.28. The van der Waals surface area contributed by atoms with Gasteiger partial charge in [0.1, 0.15) is 0 Å². The standard InChI is InChI=1S/C9H7N3O/c13-6-8-1-2-9(12-8)7-3-4-10-11-5-7/h1-6,12H. The van der Waals surface area contributed by atoms with Crippen LogP contribution in [-0.2, 0) is 0 Å². The van der Waals surface area contributed by atoms with Crippen LogP contribution >= 0.6 is 0 Å². The molecule has 0 saturated carbocycles. The fourth-order valence-corrected chi connectivity index (χ4v) is 1.10. The zero-order valence-corrected chi connectivity index (χ0v) is 6.77. The van der Waals surface area contributed by atoms with E-state index in [1.807, 2.05) is 12.1 Å². The van der Waals surface area contributed by atoms with E-state index >= 15 is 0 Å². The van der Waals surface area contributed by atoms with E-state index in [4.69, 9.17) is 0 Å². The van der Waals surface area contributed by atoms with Crippen molar-refractivity contribution in [3.05, 3.63) is 36.3 Å². The molecular formula is C9H7N3O. The minimum Gasteiger partial charge on any atom is -0.352 e. The van der Waals surface area contributed by atoms with Crippen molar-refractivity contribution >= 4 is 6.29 Å². The Morgan fingerprint density at radius 2 is 2.15 bits per heavy atom. The molecule has 1 N–H and O–H groups in total. The van der Waals surface area contributed by atoms with Crippen molar-refractivity contribution in [2.75, 3.05) is 0 Å². The van der Waals surface area contributed by atoms with E-state index in [-0.39, 0.29) is 0 Å². The highest BCUT2D eigenvalue weighted by Gasteiger charge is 1.99. The Morgan fingerprint density at radius 3 is 2.77 bits per heavy atom. The molecule has 4 nitrogen and oxygen atoms in total. The molecule has 13 heavy (non-hydrogen) atoms. The average Bonchev–Trinajstić information content (AvgIpc) is 2.67. The molecule has 0 aromatic carbocycles. The van der Waals surface area contributed by atoms with Crippen molar-refractivity contribution in [3.8, 4) is 11.3 Å². The van der Waals surface area contributed by atoms with Gasteiger partial charge in [-0.05, 0) is 18.2 Å². The van der Waals surface area contributed by atoms with Crippen LogP contribution in [0.5, 0.6) is 0 Å². The molecule has 0 bridgehead atoms. The molecule has 0 spiro atoms. The number of carbonyl (C=O) groups is 1. The molecule has 4 heteroatoms. The first-order valence-corrected chi connectivity index (χ1v) is 3.81. The van der Waals surface area contributed by atoms with E-state index in [0.717, 1.165) is 17.5 Å². The second kappa shape index (κ2) is 3.18. The summed E-state index contributed by atoms with van der Waals surface area (Å²) in [5.74, 6) is 0. The van der Waals surface area contributed by atoms with Crippen LogP contribution in [0.2, 0.25) is 0 Å². The second-order valence-electron chi connectivity index (χ2n) is 2.58. The lowest BCUT2D eigenvalue weighted by atomic mass is 10.2. The van der Waals surface area contributed by atoms with Gasteiger partial charge in [-0.2, -0.15) is 10.2 Å². The number of hydrogen-bond acceptors (Lipinski definition) is 3. The molecule has 64 valence electrons. The van der Waals surface area contributed by atoms with Crippen LogP contribution in [0.15, 0.2) is 30.6 Å². The summed E-state index contributed by atoms with van der Waals surface area (Å²) in [6.07, 6.45) is 4.02. The van der Waals surface area contributed by atoms with Crippen molar-refractivity contribution in [1.82, 2.24) is 15.2 Å². The number of H-pyrrole nitrogens is 1. The summed E-state index contributed by atoms with van der Waals surface area (Å²) in [5.41, 5.74) is 2.35.